The molecular formula is C29H48N4O4. The molecule has 37 heavy (non-hydrogen) atoms. The van der Waals surface area contributed by atoms with E-state index in [1.807, 2.05) is 59.0 Å². The van der Waals surface area contributed by atoms with Gasteiger partial charge in [0, 0.05) is 19.6 Å². The Bertz CT molecular complexity index is 884. The van der Waals surface area contributed by atoms with Gasteiger partial charge in [-0.1, -0.05) is 63.9 Å². The number of hydrogen-bond acceptors (Lipinski definition) is 5. The summed E-state index contributed by atoms with van der Waals surface area (Å²) in [5.74, 6) is -0.394. The Morgan fingerprint density at radius 3 is 2.24 bits per heavy atom. The Balaban J connectivity index is 2.07. The SMILES string of the molecule is CCC[C@@H](NC(=O)CN1C(=O)C(CC)(CC)[C@@H]1OCC(=O)N(CC)CCN(C)CC)c1ccc(C)cc1. The third kappa shape index (κ3) is 7.54. The van der Waals surface area contributed by atoms with Crippen LogP contribution in [0.2, 0.25) is 0 Å². The smallest absolute Gasteiger partial charge is 0.248 e. The predicted octanol–water partition coefficient (Wildman–Crippen LogP) is 3.74. The number of ether oxygens (including phenoxy) is 1. The van der Waals surface area contributed by atoms with Crippen molar-refractivity contribution in [2.45, 2.75) is 79.5 Å². The fourth-order valence-electron chi connectivity index (χ4n) is 4.99. The number of hydrogen-bond donors (Lipinski definition) is 1. The normalized spacial score (nSPS) is 17.5. The van der Waals surface area contributed by atoms with Crippen molar-refractivity contribution in [3.63, 3.8) is 0 Å². The minimum absolute atomic E-state index is 0.0791. The van der Waals surface area contributed by atoms with Gasteiger partial charge < -0.3 is 24.8 Å². The molecule has 0 aromatic heterocycles. The number of rotatable bonds is 16. The molecule has 0 saturated carbocycles. The number of nitrogens with one attached hydrogen (secondary N) is 1. The number of aryl methyl sites for hydroxylation is 1. The predicted molar refractivity (Wildman–Crippen MR) is 147 cm³/mol. The van der Waals surface area contributed by atoms with Crippen molar-refractivity contribution in [3.8, 4) is 0 Å². The number of carbonyl (C=O) groups excluding carboxylic acids is 3. The Morgan fingerprint density at radius 1 is 1.05 bits per heavy atom. The molecule has 0 unspecified atom stereocenters. The summed E-state index contributed by atoms with van der Waals surface area (Å²) in [7, 11) is 2.03. The average Bonchev–Trinajstić information content (AvgIpc) is 2.90. The molecule has 1 aliphatic heterocycles. The summed E-state index contributed by atoms with van der Waals surface area (Å²) in [4.78, 5) is 44.6. The number of nitrogens with zero attached hydrogens (tertiary/aromatic N) is 3. The monoisotopic (exact) mass is 516 g/mol. The van der Waals surface area contributed by atoms with Crippen LogP contribution in [0, 0.1) is 12.3 Å². The van der Waals surface area contributed by atoms with Gasteiger partial charge in [-0.3, -0.25) is 14.4 Å². The van der Waals surface area contributed by atoms with Crippen molar-refractivity contribution in [1.82, 2.24) is 20.0 Å². The quantitative estimate of drug-likeness (QED) is 0.339. The first-order valence-electron chi connectivity index (χ1n) is 13.9. The Morgan fingerprint density at radius 2 is 1.70 bits per heavy atom. The topological polar surface area (TPSA) is 82.2 Å². The molecule has 1 saturated heterocycles. The maximum atomic E-state index is 13.2. The lowest BCUT2D eigenvalue weighted by atomic mass is 9.71. The molecule has 8 nitrogen and oxygen atoms in total. The van der Waals surface area contributed by atoms with Crippen LogP contribution in [0.4, 0.5) is 0 Å². The lowest BCUT2D eigenvalue weighted by Gasteiger charge is -2.54. The van der Waals surface area contributed by atoms with Gasteiger partial charge >= 0.3 is 0 Å². The Kier molecular flexibility index (Phi) is 12.0. The minimum atomic E-state index is -0.695. The first-order chi connectivity index (χ1) is 17.7. The summed E-state index contributed by atoms with van der Waals surface area (Å²) in [6, 6.07) is 8.05. The highest BCUT2D eigenvalue weighted by Crippen LogP contribution is 2.45. The second kappa shape index (κ2) is 14.5. The van der Waals surface area contributed by atoms with Crippen molar-refractivity contribution in [1.29, 1.82) is 0 Å². The van der Waals surface area contributed by atoms with E-state index in [-0.39, 0.29) is 36.9 Å². The fraction of sp³-hybridized carbons (Fsp3) is 0.690. The van der Waals surface area contributed by atoms with Crippen LogP contribution in [0.15, 0.2) is 24.3 Å². The molecule has 1 fully saturated rings. The molecule has 0 spiro atoms. The standard InChI is InChI=1S/C29H48N4O4/c1-8-13-24(23-16-14-22(6)15-17-23)30-25(34)20-33-27(36)29(9-2,10-3)28(33)37-21-26(35)32(12-5)19-18-31(7)11-4/h14-17,24,28H,8-13,18-21H2,1-7H3,(H,30,34)/t24-,28+/m1/s1. The van der Waals surface area contributed by atoms with Crippen LogP contribution in [0.1, 0.15) is 77.5 Å². The van der Waals surface area contributed by atoms with Crippen molar-refractivity contribution in [2.24, 2.45) is 5.41 Å². The second-order valence-electron chi connectivity index (χ2n) is 10.1. The van der Waals surface area contributed by atoms with Gasteiger partial charge in [0.1, 0.15) is 19.4 Å². The fourth-order valence-corrected chi connectivity index (χ4v) is 4.99. The third-order valence-electron chi connectivity index (χ3n) is 7.80. The molecule has 0 aliphatic carbocycles. The van der Waals surface area contributed by atoms with Crippen molar-refractivity contribution in [2.75, 3.05) is 46.4 Å². The van der Waals surface area contributed by atoms with Crippen LogP contribution in [0.5, 0.6) is 0 Å². The molecular weight excluding hydrogens is 468 g/mol. The highest BCUT2D eigenvalue weighted by atomic mass is 16.5. The van der Waals surface area contributed by atoms with Gasteiger partial charge in [0.2, 0.25) is 17.7 Å². The van der Waals surface area contributed by atoms with Crippen LogP contribution in [0.25, 0.3) is 0 Å². The third-order valence-corrected chi connectivity index (χ3v) is 7.80. The highest BCUT2D eigenvalue weighted by molar-refractivity contribution is 5.93. The highest BCUT2D eigenvalue weighted by Gasteiger charge is 2.59. The van der Waals surface area contributed by atoms with E-state index in [0.717, 1.165) is 31.5 Å². The van der Waals surface area contributed by atoms with Gasteiger partial charge in [-0.2, -0.15) is 0 Å². The molecule has 0 bridgehead atoms. The molecule has 2 rings (SSSR count). The van der Waals surface area contributed by atoms with Gasteiger partial charge in [-0.05, 0) is 52.3 Å². The molecule has 1 N–H and O–H groups in total. The Hall–Kier alpha value is -2.45. The van der Waals surface area contributed by atoms with Crippen molar-refractivity contribution in [3.05, 3.63) is 35.4 Å². The zero-order valence-corrected chi connectivity index (χ0v) is 24.0. The molecule has 1 aromatic rings. The molecule has 2 atom stereocenters. The van der Waals surface area contributed by atoms with Gasteiger partial charge in [-0.25, -0.2) is 0 Å². The van der Waals surface area contributed by atoms with Crippen LogP contribution in [-0.4, -0.2) is 85.0 Å². The molecule has 1 aromatic carbocycles. The van der Waals surface area contributed by atoms with Crippen LogP contribution in [0.3, 0.4) is 0 Å². The van der Waals surface area contributed by atoms with E-state index in [1.54, 1.807) is 4.90 Å². The maximum absolute atomic E-state index is 13.2. The number of carbonyl (C=O) groups is 3. The lowest BCUT2D eigenvalue weighted by molar-refractivity contribution is -0.224. The number of likely N-dealkylation sites (N-methyl/N-ethyl adjacent to an activating group) is 2. The Labute approximate surface area is 223 Å². The van der Waals surface area contributed by atoms with E-state index < -0.39 is 11.6 Å². The zero-order valence-electron chi connectivity index (χ0n) is 24.0. The van der Waals surface area contributed by atoms with Crippen LogP contribution >= 0.6 is 0 Å². The first kappa shape index (κ1) is 30.8. The number of likely N-dealkylation sites (tertiary alicyclic amines) is 1. The van der Waals surface area contributed by atoms with E-state index in [4.69, 9.17) is 4.74 Å². The lowest BCUT2D eigenvalue weighted by Crippen LogP contribution is -2.71. The largest absolute Gasteiger partial charge is 0.348 e. The van der Waals surface area contributed by atoms with Crippen molar-refractivity contribution >= 4 is 17.7 Å². The summed E-state index contributed by atoms with van der Waals surface area (Å²) in [6.07, 6.45) is 2.34. The van der Waals surface area contributed by atoms with Crippen molar-refractivity contribution < 1.29 is 19.1 Å². The number of amides is 3. The number of benzene rings is 1. The second-order valence-corrected chi connectivity index (χ2v) is 10.1. The van der Waals surface area contributed by atoms with Gasteiger partial charge in [0.25, 0.3) is 0 Å². The molecule has 0 radical (unpaired) electrons. The average molecular weight is 517 g/mol. The van der Waals surface area contributed by atoms with E-state index in [0.29, 0.717) is 25.9 Å². The summed E-state index contributed by atoms with van der Waals surface area (Å²) < 4.78 is 6.11. The van der Waals surface area contributed by atoms with E-state index in [9.17, 15) is 14.4 Å². The summed E-state index contributed by atoms with van der Waals surface area (Å²) in [5, 5.41) is 3.11. The summed E-state index contributed by atoms with van der Waals surface area (Å²) in [5.41, 5.74) is 1.53. The van der Waals surface area contributed by atoms with Gasteiger partial charge in [-0.15, -0.1) is 0 Å². The summed E-state index contributed by atoms with van der Waals surface area (Å²) >= 11 is 0. The van der Waals surface area contributed by atoms with Gasteiger partial charge in [0.05, 0.1) is 11.5 Å². The van der Waals surface area contributed by atoms with E-state index >= 15 is 0 Å². The maximum Gasteiger partial charge on any atom is 0.248 e. The molecule has 208 valence electrons. The molecule has 8 heteroatoms. The first-order valence-corrected chi connectivity index (χ1v) is 13.9. The molecule has 1 heterocycles. The van der Waals surface area contributed by atoms with E-state index in [2.05, 4.69) is 24.1 Å². The molecule has 3 amide bonds. The van der Waals surface area contributed by atoms with Gasteiger partial charge in [0.15, 0.2) is 0 Å². The van der Waals surface area contributed by atoms with Crippen LogP contribution in [-0.2, 0) is 19.1 Å². The van der Waals surface area contributed by atoms with Crippen LogP contribution < -0.4 is 5.32 Å². The zero-order chi connectivity index (χ0) is 27.6. The molecule has 1 aliphatic rings. The number of β-lactam (4-membered cyclic amide) rings is 1. The minimum Gasteiger partial charge on any atom is -0.348 e. The summed E-state index contributed by atoms with van der Waals surface area (Å²) in [6.45, 7) is 14.8. The van der Waals surface area contributed by atoms with E-state index in [1.165, 1.54) is 10.5 Å².